The fourth-order valence-electron chi connectivity index (χ4n) is 1.29. The molecule has 0 aliphatic heterocycles. The summed E-state index contributed by atoms with van der Waals surface area (Å²) in [5.74, 6) is 0.0103. The van der Waals surface area contributed by atoms with Gasteiger partial charge in [-0.05, 0) is 19.3 Å². The van der Waals surface area contributed by atoms with E-state index in [1.165, 1.54) is 11.4 Å². The Balaban J connectivity index is 4.47. The van der Waals surface area contributed by atoms with Crippen molar-refractivity contribution in [3.05, 3.63) is 0 Å². The van der Waals surface area contributed by atoms with E-state index in [1.54, 1.807) is 6.07 Å². The molecular weight excluding hydrogens is 200 g/mol. The summed E-state index contributed by atoms with van der Waals surface area (Å²) in [6.07, 6.45) is 0.807. The quantitative estimate of drug-likeness (QED) is 0.696. The lowest BCUT2D eigenvalue weighted by molar-refractivity contribution is 0.339. The van der Waals surface area contributed by atoms with Crippen LogP contribution in [0.4, 0.5) is 0 Å². The van der Waals surface area contributed by atoms with Gasteiger partial charge in [0, 0.05) is 13.1 Å². The molecule has 0 spiro atoms. The van der Waals surface area contributed by atoms with Crippen molar-refractivity contribution in [2.45, 2.75) is 33.2 Å². The van der Waals surface area contributed by atoms with Crippen molar-refractivity contribution in [1.29, 1.82) is 5.26 Å². The minimum absolute atomic E-state index is 0.0478. The van der Waals surface area contributed by atoms with Gasteiger partial charge in [-0.1, -0.05) is 13.8 Å². The number of sulfonamides is 1. The normalized spacial score (nSPS) is 14.4. The molecule has 0 fully saturated rings. The van der Waals surface area contributed by atoms with Gasteiger partial charge in [0.1, 0.15) is 0 Å². The summed E-state index contributed by atoms with van der Waals surface area (Å²) < 4.78 is 24.2. The van der Waals surface area contributed by atoms with Crippen molar-refractivity contribution in [1.82, 2.24) is 4.31 Å². The number of rotatable bonds is 5. The third-order valence-corrected chi connectivity index (χ3v) is 3.85. The second-order valence-electron chi connectivity index (χ2n) is 3.91. The predicted octanol–water partition coefficient (Wildman–Crippen LogP) is 1.21. The highest BCUT2D eigenvalue weighted by Gasteiger charge is 2.23. The average Bonchev–Trinajstić information content (AvgIpc) is 2.01. The van der Waals surface area contributed by atoms with Gasteiger partial charge in [-0.3, -0.25) is 0 Å². The van der Waals surface area contributed by atoms with Crippen LogP contribution in [0, 0.1) is 17.2 Å². The van der Waals surface area contributed by atoms with Gasteiger partial charge in [-0.15, -0.1) is 0 Å². The average molecular weight is 218 g/mol. The molecule has 4 nitrogen and oxygen atoms in total. The largest absolute Gasteiger partial charge is 0.227 e. The fourth-order valence-corrected chi connectivity index (χ4v) is 2.29. The van der Waals surface area contributed by atoms with Crippen LogP contribution in [0.3, 0.4) is 0 Å². The molecule has 0 aromatic carbocycles. The van der Waals surface area contributed by atoms with E-state index in [0.29, 0.717) is 5.92 Å². The van der Waals surface area contributed by atoms with Gasteiger partial charge in [-0.25, -0.2) is 12.7 Å². The van der Waals surface area contributed by atoms with E-state index >= 15 is 0 Å². The molecule has 14 heavy (non-hydrogen) atoms. The first-order chi connectivity index (χ1) is 6.31. The minimum atomic E-state index is -3.38. The first-order valence-corrected chi connectivity index (χ1v) is 6.24. The highest BCUT2D eigenvalue weighted by atomic mass is 32.2. The lowest BCUT2D eigenvalue weighted by Crippen LogP contribution is -2.37. The first-order valence-electron chi connectivity index (χ1n) is 4.64. The molecule has 0 radical (unpaired) electrons. The molecule has 0 rings (SSSR count). The van der Waals surface area contributed by atoms with Crippen molar-refractivity contribution in [2.24, 2.45) is 5.92 Å². The van der Waals surface area contributed by atoms with Crippen molar-refractivity contribution < 1.29 is 8.42 Å². The zero-order chi connectivity index (χ0) is 11.4. The maximum absolute atomic E-state index is 11.5. The maximum atomic E-state index is 11.5. The van der Waals surface area contributed by atoms with Gasteiger partial charge in [0.05, 0.1) is 6.07 Å². The molecule has 0 heterocycles. The molecule has 1 atom stereocenters. The highest BCUT2D eigenvalue weighted by Crippen LogP contribution is 2.12. The van der Waals surface area contributed by atoms with Crippen LogP contribution >= 0.6 is 0 Å². The molecule has 0 aliphatic rings. The summed E-state index contributed by atoms with van der Waals surface area (Å²) in [6, 6.07) is 1.62. The van der Waals surface area contributed by atoms with Crippen LogP contribution in [0.5, 0.6) is 0 Å². The van der Waals surface area contributed by atoms with E-state index in [2.05, 4.69) is 0 Å². The maximum Gasteiger partial charge on any atom is 0.227 e. The lowest BCUT2D eigenvalue weighted by atomic mass is 10.1. The summed E-state index contributed by atoms with van der Waals surface area (Å²) >= 11 is 0. The lowest BCUT2D eigenvalue weighted by Gasteiger charge is -2.24. The van der Waals surface area contributed by atoms with Crippen molar-refractivity contribution in [2.75, 3.05) is 12.8 Å². The molecular formula is C9H18N2O2S. The summed E-state index contributed by atoms with van der Waals surface area (Å²) in [5.41, 5.74) is 0. The molecule has 0 amide bonds. The second-order valence-corrected chi connectivity index (χ2v) is 5.94. The predicted molar refractivity (Wildman–Crippen MR) is 56.1 cm³/mol. The zero-order valence-corrected chi connectivity index (χ0v) is 10.0. The van der Waals surface area contributed by atoms with Crippen LogP contribution in [0.1, 0.15) is 27.2 Å². The molecule has 0 aliphatic carbocycles. The van der Waals surface area contributed by atoms with Crippen LogP contribution in [-0.4, -0.2) is 31.6 Å². The Bertz CT molecular complexity index is 303. The van der Waals surface area contributed by atoms with Crippen LogP contribution < -0.4 is 0 Å². The van der Waals surface area contributed by atoms with Crippen LogP contribution in [0.25, 0.3) is 0 Å². The second kappa shape index (κ2) is 5.32. The third-order valence-electron chi connectivity index (χ3n) is 2.12. The van der Waals surface area contributed by atoms with Gasteiger partial charge in [0.2, 0.25) is 10.0 Å². The molecule has 5 heteroatoms. The van der Waals surface area contributed by atoms with Gasteiger partial charge in [0.15, 0.2) is 5.75 Å². The summed E-state index contributed by atoms with van der Waals surface area (Å²) in [4.78, 5) is 0. The number of hydrogen-bond donors (Lipinski definition) is 0. The third kappa shape index (κ3) is 4.07. The van der Waals surface area contributed by atoms with E-state index in [0.717, 1.165) is 6.42 Å². The van der Waals surface area contributed by atoms with Crippen molar-refractivity contribution >= 4 is 10.0 Å². The Labute approximate surface area is 86.6 Å². The fraction of sp³-hybridized carbons (Fsp3) is 0.889. The molecule has 0 bridgehead atoms. The molecule has 82 valence electrons. The highest BCUT2D eigenvalue weighted by molar-refractivity contribution is 7.89. The minimum Gasteiger partial charge on any atom is -0.211 e. The Kier molecular flexibility index (Phi) is 5.09. The van der Waals surface area contributed by atoms with E-state index in [1.807, 2.05) is 20.8 Å². The Morgan fingerprint density at radius 3 is 2.21 bits per heavy atom. The van der Waals surface area contributed by atoms with Crippen molar-refractivity contribution in [3.8, 4) is 6.07 Å². The first kappa shape index (κ1) is 13.4. The SMILES string of the molecule is CC(C)CC(C)N(C)S(=O)(=O)CC#N. The molecule has 0 aromatic rings. The zero-order valence-electron chi connectivity index (χ0n) is 9.19. The summed E-state index contributed by atoms with van der Waals surface area (Å²) in [7, 11) is -1.86. The van der Waals surface area contributed by atoms with Crippen LogP contribution in [0.15, 0.2) is 0 Å². The van der Waals surface area contributed by atoms with E-state index < -0.39 is 15.8 Å². The van der Waals surface area contributed by atoms with E-state index in [9.17, 15) is 8.42 Å². The summed E-state index contributed by atoms with van der Waals surface area (Å²) in [5, 5.41) is 8.36. The summed E-state index contributed by atoms with van der Waals surface area (Å²) in [6.45, 7) is 5.94. The van der Waals surface area contributed by atoms with Gasteiger partial charge in [0.25, 0.3) is 0 Å². The van der Waals surface area contributed by atoms with Crippen LogP contribution in [-0.2, 0) is 10.0 Å². The topological polar surface area (TPSA) is 61.2 Å². The van der Waals surface area contributed by atoms with Gasteiger partial charge < -0.3 is 0 Å². The molecule has 0 saturated heterocycles. The van der Waals surface area contributed by atoms with E-state index in [-0.39, 0.29) is 6.04 Å². The number of nitrogens with zero attached hydrogens (tertiary/aromatic N) is 2. The molecule has 0 aromatic heterocycles. The standard InChI is InChI=1S/C9H18N2O2S/c1-8(2)7-9(3)11(4)14(12,13)6-5-10/h8-9H,6-7H2,1-4H3. The number of nitriles is 1. The molecule has 0 N–H and O–H groups in total. The molecule has 1 unspecified atom stereocenters. The Morgan fingerprint density at radius 2 is 1.86 bits per heavy atom. The molecule has 0 saturated carbocycles. The van der Waals surface area contributed by atoms with Crippen molar-refractivity contribution in [3.63, 3.8) is 0 Å². The smallest absolute Gasteiger partial charge is 0.211 e. The van der Waals surface area contributed by atoms with Gasteiger partial charge in [-0.2, -0.15) is 5.26 Å². The van der Waals surface area contributed by atoms with Crippen LogP contribution in [0.2, 0.25) is 0 Å². The van der Waals surface area contributed by atoms with Gasteiger partial charge >= 0.3 is 0 Å². The Morgan fingerprint density at radius 1 is 1.36 bits per heavy atom. The Hall–Kier alpha value is -0.600. The van der Waals surface area contributed by atoms with E-state index in [4.69, 9.17) is 5.26 Å². The number of hydrogen-bond acceptors (Lipinski definition) is 3. The monoisotopic (exact) mass is 218 g/mol.